The van der Waals surface area contributed by atoms with Crippen LogP contribution in [0.25, 0.3) is 0 Å². The standard InChI is InChI=1S/C16H24N2O/c19-16(18-15-10-11-15)9-5-13-17-12-4-8-14-6-2-1-3-7-14/h1-3,6-7,15,17H,4-5,8-13H2,(H,18,19). The molecule has 1 saturated carbocycles. The minimum Gasteiger partial charge on any atom is -0.353 e. The second-order valence-electron chi connectivity index (χ2n) is 5.28. The van der Waals surface area contributed by atoms with E-state index in [1.165, 1.54) is 18.4 Å². The van der Waals surface area contributed by atoms with Crippen molar-refractivity contribution in [3.8, 4) is 0 Å². The molecule has 0 bridgehead atoms. The van der Waals surface area contributed by atoms with Crippen LogP contribution in [0.2, 0.25) is 0 Å². The average Bonchev–Trinajstić information content (AvgIpc) is 3.23. The fourth-order valence-electron chi connectivity index (χ4n) is 2.09. The first-order chi connectivity index (χ1) is 9.34. The van der Waals surface area contributed by atoms with Gasteiger partial charge < -0.3 is 10.6 Å². The van der Waals surface area contributed by atoms with Gasteiger partial charge in [-0.15, -0.1) is 0 Å². The second-order valence-corrected chi connectivity index (χ2v) is 5.28. The van der Waals surface area contributed by atoms with Crippen LogP contribution in [-0.4, -0.2) is 25.0 Å². The van der Waals surface area contributed by atoms with Crippen molar-refractivity contribution in [1.29, 1.82) is 0 Å². The quantitative estimate of drug-likeness (QED) is 0.669. The molecule has 3 heteroatoms. The normalized spacial score (nSPS) is 14.3. The van der Waals surface area contributed by atoms with Crippen LogP contribution in [0.1, 0.15) is 37.7 Å². The van der Waals surface area contributed by atoms with E-state index in [2.05, 4.69) is 41.0 Å². The zero-order valence-corrected chi connectivity index (χ0v) is 11.5. The molecule has 104 valence electrons. The van der Waals surface area contributed by atoms with Gasteiger partial charge in [0, 0.05) is 12.5 Å². The van der Waals surface area contributed by atoms with Gasteiger partial charge in [-0.05, 0) is 50.8 Å². The van der Waals surface area contributed by atoms with Crippen molar-refractivity contribution in [3.63, 3.8) is 0 Å². The minimum absolute atomic E-state index is 0.216. The first kappa shape index (κ1) is 14.1. The van der Waals surface area contributed by atoms with E-state index in [1.807, 2.05) is 0 Å². The van der Waals surface area contributed by atoms with Crippen molar-refractivity contribution in [1.82, 2.24) is 10.6 Å². The predicted octanol–water partition coefficient (Wildman–Crippen LogP) is 2.27. The fourth-order valence-corrected chi connectivity index (χ4v) is 2.09. The number of aryl methyl sites for hydroxylation is 1. The van der Waals surface area contributed by atoms with Crippen molar-refractivity contribution in [3.05, 3.63) is 35.9 Å². The SMILES string of the molecule is O=C(CCCNCCCc1ccccc1)NC1CC1. The van der Waals surface area contributed by atoms with Gasteiger partial charge in [-0.3, -0.25) is 4.79 Å². The second kappa shape index (κ2) is 7.95. The number of hydrogen-bond acceptors (Lipinski definition) is 2. The monoisotopic (exact) mass is 260 g/mol. The molecule has 0 aliphatic heterocycles. The zero-order valence-electron chi connectivity index (χ0n) is 11.5. The molecule has 0 saturated heterocycles. The molecule has 0 unspecified atom stereocenters. The molecule has 1 aromatic rings. The third kappa shape index (κ3) is 6.39. The third-order valence-corrected chi connectivity index (χ3v) is 3.36. The van der Waals surface area contributed by atoms with Gasteiger partial charge in [-0.25, -0.2) is 0 Å². The number of carbonyl (C=O) groups excluding carboxylic acids is 1. The van der Waals surface area contributed by atoms with Crippen molar-refractivity contribution >= 4 is 5.91 Å². The molecule has 1 fully saturated rings. The Kier molecular flexibility index (Phi) is 5.89. The van der Waals surface area contributed by atoms with Crippen molar-refractivity contribution < 1.29 is 4.79 Å². The molecular weight excluding hydrogens is 236 g/mol. The van der Waals surface area contributed by atoms with Crippen LogP contribution in [-0.2, 0) is 11.2 Å². The van der Waals surface area contributed by atoms with Crippen LogP contribution in [0.5, 0.6) is 0 Å². The lowest BCUT2D eigenvalue weighted by Crippen LogP contribution is -2.26. The van der Waals surface area contributed by atoms with Gasteiger partial charge in [0.05, 0.1) is 0 Å². The molecule has 0 radical (unpaired) electrons. The van der Waals surface area contributed by atoms with Crippen LogP contribution >= 0.6 is 0 Å². The van der Waals surface area contributed by atoms with Crippen molar-refractivity contribution in [2.45, 2.75) is 44.6 Å². The Morgan fingerprint density at radius 1 is 1.11 bits per heavy atom. The third-order valence-electron chi connectivity index (χ3n) is 3.36. The number of nitrogens with one attached hydrogen (secondary N) is 2. The molecule has 1 amide bonds. The zero-order chi connectivity index (χ0) is 13.3. The summed E-state index contributed by atoms with van der Waals surface area (Å²) in [7, 11) is 0. The Labute approximate surface area is 115 Å². The summed E-state index contributed by atoms with van der Waals surface area (Å²) in [6, 6.07) is 11.0. The van der Waals surface area contributed by atoms with Gasteiger partial charge in [0.1, 0.15) is 0 Å². The van der Waals surface area contributed by atoms with Gasteiger partial charge in [0.15, 0.2) is 0 Å². The van der Waals surface area contributed by atoms with E-state index in [0.29, 0.717) is 12.5 Å². The summed E-state index contributed by atoms with van der Waals surface area (Å²) in [5.41, 5.74) is 1.40. The van der Waals surface area contributed by atoms with Crippen LogP contribution in [0.15, 0.2) is 30.3 Å². The summed E-state index contributed by atoms with van der Waals surface area (Å²) in [5.74, 6) is 0.216. The smallest absolute Gasteiger partial charge is 0.220 e. The summed E-state index contributed by atoms with van der Waals surface area (Å²) in [6.45, 7) is 1.96. The molecule has 1 aliphatic rings. The molecule has 0 aromatic heterocycles. The Morgan fingerprint density at radius 2 is 1.84 bits per heavy atom. The summed E-state index contributed by atoms with van der Waals surface area (Å²) in [5, 5.41) is 6.41. The van der Waals surface area contributed by atoms with Crippen LogP contribution in [0.3, 0.4) is 0 Å². The van der Waals surface area contributed by atoms with E-state index in [-0.39, 0.29) is 5.91 Å². The summed E-state index contributed by atoms with van der Waals surface area (Å²) < 4.78 is 0. The number of carbonyl (C=O) groups is 1. The molecule has 0 atom stereocenters. The molecule has 1 aliphatic carbocycles. The predicted molar refractivity (Wildman–Crippen MR) is 78.0 cm³/mol. The largest absolute Gasteiger partial charge is 0.353 e. The van der Waals surface area contributed by atoms with Crippen LogP contribution in [0, 0.1) is 0 Å². The van der Waals surface area contributed by atoms with Crippen molar-refractivity contribution in [2.75, 3.05) is 13.1 Å². The lowest BCUT2D eigenvalue weighted by molar-refractivity contribution is -0.121. The topological polar surface area (TPSA) is 41.1 Å². The maximum absolute atomic E-state index is 11.4. The Balaban J connectivity index is 1.40. The van der Waals surface area contributed by atoms with Gasteiger partial charge >= 0.3 is 0 Å². The van der Waals surface area contributed by atoms with E-state index in [0.717, 1.165) is 32.4 Å². The summed E-state index contributed by atoms with van der Waals surface area (Å²) >= 11 is 0. The van der Waals surface area contributed by atoms with E-state index >= 15 is 0 Å². The maximum Gasteiger partial charge on any atom is 0.220 e. The highest BCUT2D eigenvalue weighted by Gasteiger charge is 2.22. The molecule has 0 heterocycles. The molecule has 2 rings (SSSR count). The molecule has 0 spiro atoms. The average molecular weight is 260 g/mol. The number of benzene rings is 1. The minimum atomic E-state index is 0.216. The molecule has 19 heavy (non-hydrogen) atoms. The molecule has 1 aromatic carbocycles. The summed E-state index contributed by atoms with van der Waals surface area (Å²) in [6.07, 6.45) is 6.20. The lowest BCUT2D eigenvalue weighted by atomic mass is 10.1. The van der Waals surface area contributed by atoms with E-state index in [1.54, 1.807) is 0 Å². The first-order valence-corrected chi connectivity index (χ1v) is 7.38. The van der Waals surface area contributed by atoms with Crippen LogP contribution in [0.4, 0.5) is 0 Å². The molecule has 2 N–H and O–H groups in total. The fraction of sp³-hybridized carbons (Fsp3) is 0.562. The van der Waals surface area contributed by atoms with E-state index in [9.17, 15) is 4.79 Å². The van der Waals surface area contributed by atoms with Crippen LogP contribution < -0.4 is 10.6 Å². The van der Waals surface area contributed by atoms with E-state index in [4.69, 9.17) is 0 Å². The van der Waals surface area contributed by atoms with Crippen molar-refractivity contribution in [2.24, 2.45) is 0 Å². The highest BCUT2D eigenvalue weighted by Crippen LogP contribution is 2.18. The van der Waals surface area contributed by atoms with Gasteiger partial charge in [0.25, 0.3) is 0 Å². The van der Waals surface area contributed by atoms with Gasteiger partial charge in [-0.2, -0.15) is 0 Å². The Hall–Kier alpha value is -1.35. The highest BCUT2D eigenvalue weighted by molar-refractivity contribution is 5.76. The Bertz CT molecular complexity index is 374. The molecule has 3 nitrogen and oxygen atoms in total. The van der Waals surface area contributed by atoms with E-state index < -0.39 is 0 Å². The lowest BCUT2D eigenvalue weighted by Gasteiger charge is -2.05. The number of amides is 1. The summed E-state index contributed by atoms with van der Waals surface area (Å²) in [4.78, 5) is 11.4. The first-order valence-electron chi connectivity index (χ1n) is 7.38. The number of hydrogen-bond donors (Lipinski definition) is 2. The van der Waals surface area contributed by atoms with Gasteiger partial charge in [0.2, 0.25) is 5.91 Å². The molecular formula is C16H24N2O. The highest BCUT2D eigenvalue weighted by atomic mass is 16.1. The van der Waals surface area contributed by atoms with Gasteiger partial charge in [-0.1, -0.05) is 30.3 Å². The Morgan fingerprint density at radius 3 is 2.58 bits per heavy atom. The maximum atomic E-state index is 11.4. The number of rotatable bonds is 9.